The van der Waals surface area contributed by atoms with E-state index in [-0.39, 0.29) is 0 Å². The maximum absolute atomic E-state index is 11.9. The van der Waals surface area contributed by atoms with Gasteiger partial charge in [-0.3, -0.25) is 0 Å². The quantitative estimate of drug-likeness (QED) is 0.888. The summed E-state index contributed by atoms with van der Waals surface area (Å²) in [5.41, 5.74) is 0. The van der Waals surface area contributed by atoms with Crippen LogP contribution in [-0.2, 0) is 9.84 Å². The summed E-state index contributed by atoms with van der Waals surface area (Å²) in [6.07, 6.45) is 5.18. The van der Waals surface area contributed by atoms with Crippen LogP contribution in [0.5, 0.6) is 0 Å². The highest BCUT2D eigenvalue weighted by atomic mass is 32.2. The van der Waals surface area contributed by atoms with E-state index in [2.05, 4.69) is 15.2 Å². The highest BCUT2D eigenvalue weighted by Crippen LogP contribution is 2.24. The van der Waals surface area contributed by atoms with Crippen molar-refractivity contribution in [2.75, 3.05) is 37.3 Å². The summed E-state index contributed by atoms with van der Waals surface area (Å²) < 4.78 is 23.8. The zero-order chi connectivity index (χ0) is 14.6. The van der Waals surface area contributed by atoms with Gasteiger partial charge in [0.1, 0.15) is 10.7 Å². The van der Waals surface area contributed by atoms with E-state index < -0.39 is 9.84 Å². The first-order chi connectivity index (χ1) is 9.52. The average molecular weight is 297 g/mol. The second kappa shape index (κ2) is 6.54. The van der Waals surface area contributed by atoms with Crippen molar-refractivity contribution in [2.45, 2.75) is 24.7 Å². The molecule has 0 atom stereocenters. The van der Waals surface area contributed by atoms with Gasteiger partial charge in [-0.05, 0) is 50.9 Å². The zero-order valence-corrected chi connectivity index (χ0v) is 13.0. The summed E-state index contributed by atoms with van der Waals surface area (Å²) in [5, 5.41) is 3.35. The van der Waals surface area contributed by atoms with Crippen molar-refractivity contribution in [3.05, 3.63) is 18.3 Å². The van der Waals surface area contributed by atoms with E-state index >= 15 is 0 Å². The molecule has 0 amide bonds. The molecule has 0 bridgehead atoms. The van der Waals surface area contributed by atoms with Gasteiger partial charge in [0, 0.05) is 25.5 Å². The van der Waals surface area contributed by atoms with E-state index in [1.54, 1.807) is 18.3 Å². The summed E-state index contributed by atoms with van der Waals surface area (Å²) in [4.78, 5) is 6.73. The number of sulfone groups is 1. The minimum Gasteiger partial charge on any atom is -0.356 e. The lowest BCUT2D eigenvalue weighted by Crippen LogP contribution is -2.37. The lowest BCUT2D eigenvalue weighted by molar-refractivity contribution is 0.373. The van der Waals surface area contributed by atoms with Crippen LogP contribution in [0.1, 0.15) is 19.8 Å². The number of hydrogen-bond donors (Lipinski definition) is 1. The maximum Gasteiger partial charge on any atom is 0.179 e. The van der Waals surface area contributed by atoms with E-state index in [0.29, 0.717) is 16.6 Å². The summed E-state index contributed by atoms with van der Waals surface area (Å²) >= 11 is 0. The molecule has 1 aliphatic heterocycles. The zero-order valence-electron chi connectivity index (χ0n) is 12.2. The van der Waals surface area contributed by atoms with Crippen LogP contribution in [0.15, 0.2) is 23.2 Å². The summed E-state index contributed by atoms with van der Waals surface area (Å²) in [6.45, 7) is 5.77. The van der Waals surface area contributed by atoms with Crippen molar-refractivity contribution < 1.29 is 8.42 Å². The van der Waals surface area contributed by atoms with Crippen molar-refractivity contribution in [2.24, 2.45) is 5.92 Å². The van der Waals surface area contributed by atoms with E-state index in [4.69, 9.17) is 0 Å². The highest BCUT2D eigenvalue weighted by Gasteiger charge is 2.22. The Hall–Kier alpha value is -1.14. The van der Waals surface area contributed by atoms with E-state index in [0.717, 1.165) is 39.0 Å². The molecule has 112 valence electrons. The molecule has 20 heavy (non-hydrogen) atoms. The van der Waals surface area contributed by atoms with Crippen LogP contribution in [0.4, 0.5) is 5.82 Å². The first-order valence-corrected chi connectivity index (χ1v) is 9.02. The van der Waals surface area contributed by atoms with Gasteiger partial charge in [0.05, 0.1) is 0 Å². The van der Waals surface area contributed by atoms with Gasteiger partial charge in [-0.2, -0.15) is 0 Å². The second-order valence-electron chi connectivity index (χ2n) is 5.33. The van der Waals surface area contributed by atoms with Gasteiger partial charge in [-0.25, -0.2) is 13.4 Å². The third-order valence-electron chi connectivity index (χ3n) is 3.77. The summed E-state index contributed by atoms with van der Waals surface area (Å²) in [6, 6.07) is 3.32. The lowest BCUT2D eigenvalue weighted by Gasteiger charge is -2.30. The largest absolute Gasteiger partial charge is 0.356 e. The van der Waals surface area contributed by atoms with Gasteiger partial charge in [0.15, 0.2) is 9.84 Å². The molecule has 0 saturated carbocycles. The van der Waals surface area contributed by atoms with Crippen LogP contribution >= 0.6 is 0 Å². The van der Waals surface area contributed by atoms with Crippen molar-refractivity contribution in [1.29, 1.82) is 0 Å². The van der Waals surface area contributed by atoms with Crippen molar-refractivity contribution >= 4 is 15.7 Å². The second-order valence-corrected chi connectivity index (χ2v) is 7.31. The Kier molecular flexibility index (Phi) is 4.99. The molecule has 1 saturated heterocycles. The highest BCUT2D eigenvalue weighted by molar-refractivity contribution is 7.90. The molecule has 0 spiro atoms. The number of nitrogens with one attached hydrogen (secondary N) is 1. The smallest absolute Gasteiger partial charge is 0.179 e. The van der Waals surface area contributed by atoms with Crippen molar-refractivity contribution in [3.63, 3.8) is 0 Å². The SMILES string of the molecule is CCN(CC1CCNCC1)c1ncccc1S(C)(=O)=O. The summed E-state index contributed by atoms with van der Waals surface area (Å²) in [7, 11) is -3.25. The maximum atomic E-state index is 11.9. The Morgan fingerprint density at radius 2 is 2.10 bits per heavy atom. The number of rotatable bonds is 5. The number of pyridine rings is 1. The number of nitrogens with zero attached hydrogens (tertiary/aromatic N) is 2. The average Bonchev–Trinajstić information content (AvgIpc) is 2.45. The standard InChI is InChI=1S/C14H23N3O2S/c1-3-17(11-12-6-9-15-10-7-12)14-13(20(2,18)19)5-4-8-16-14/h4-5,8,12,15H,3,6-7,9-11H2,1-2H3. The monoisotopic (exact) mass is 297 g/mol. The van der Waals surface area contributed by atoms with Gasteiger partial charge in [0.2, 0.25) is 0 Å². The predicted octanol–water partition coefficient (Wildman–Crippen LogP) is 1.31. The van der Waals surface area contributed by atoms with Crippen LogP contribution in [0.3, 0.4) is 0 Å². The first kappa shape index (κ1) is 15.3. The Morgan fingerprint density at radius 3 is 2.70 bits per heavy atom. The molecule has 5 nitrogen and oxygen atoms in total. The van der Waals surface area contributed by atoms with Crippen molar-refractivity contribution in [3.8, 4) is 0 Å². The molecule has 1 aliphatic rings. The summed E-state index contributed by atoms with van der Waals surface area (Å²) in [5.74, 6) is 1.20. The third kappa shape index (κ3) is 3.70. The van der Waals surface area contributed by atoms with E-state index in [1.807, 2.05) is 6.92 Å². The molecule has 1 aromatic rings. The Bertz CT molecular complexity index is 539. The van der Waals surface area contributed by atoms with Gasteiger partial charge in [-0.1, -0.05) is 0 Å². The Morgan fingerprint density at radius 1 is 1.40 bits per heavy atom. The molecule has 1 fully saturated rings. The molecular weight excluding hydrogens is 274 g/mol. The molecular formula is C14H23N3O2S. The molecule has 0 radical (unpaired) electrons. The van der Waals surface area contributed by atoms with Crippen LogP contribution in [0.25, 0.3) is 0 Å². The Labute approximate surface area is 121 Å². The minimum atomic E-state index is -3.25. The first-order valence-electron chi connectivity index (χ1n) is 7.13. The predicted molar refractivity (Wildman–Crippen MR) is 80.8 cm³/mol. The normalized spacial score (nSPS) is 17.1. The van der Waals surface area contributed by atoms with Gasteiger partial charge >= 0.3 is 0 Å². The number of anilines is 1. The Balaban J connectivity index is 2.23. The number of aromatic nitrogens is 1. The van der Waals surface area contributed by atoms with E-state index in [1.165, 1.54) is 6.26 Å². The minimum absolute atomic E-state index is 0.329. The molecule has 1 N–H and O–H groups in total. The molecule has 0 aliphatic carbocycles. The van der Waals surface area contributed by atoms with Gasteiger partial charge < -0.3 is 10.2 Å². The van der Waals surface area contributed by atoms with Crippen LogP contribution < -0.4 is 10.2 Å². The lowest BCUT2D eigenvalue weighted by atomic mass is 9.97. The fourth-order valence-electron chi connectivity index (χ4n) is 2.65. The molecule has 0 aromatic carbocycles. The topological polar surface area (TPSA) is 62.3 Å². The number of hydrogen-bond acceptors (Lipinski definition) is 5. The molecule has 2 heterocycles. The third-order valence-corrected chi connectivity index (χ3v) is 4.89. The van der Waals surface area contributed by atoms with Crippen molar-refractivity contribution in [1.82, 2.24) is 10.3 Å². The fourth-order valence-corrected chi connectivity index (χ4v) is 3.49. The van der Waals surface area contributed by atoms with Gasteiger partial charge in [-0.15, -0.1) is 0 Å². The van der Waals surface area contributed by atoms with Gasteiger partial charge in [0.25, 0.3) is 0 Å². The van der Waals surface area contributed by atoms with E-state index in [9.17, 15) is 8.42 Å². The molecule has 2 rings (SSSR count). The van der Waals surface area contributed by atoms with Crippen LogP contribution in [0, 0.1) is 5.92 Å². The molecule has 6 heteroatoms. The molecule has 1 aromatic heterocycles. The molecule has 0 unspecified atom stereocenters. The fraction of sp³-hybridized carbons (Fsp3) is 0.643. The van der Waals surface area contributed by atoms with Crippen LogP contribution in [0.2, 0.25) is 0 Å². The van der Waals surface area contributed by atoms with Crippen LogP contribution in [-0.4, -0.2) is 45.8 Å². The number of piperidine rings is 1.